The molecule has 0 aliphatic carbocycles. The van der Waals surface area contributed by atoms with E-state index in [9.17, 15) is 0 Å². The van der Waals surface area contributed by atoms with E-state index in [1.54, 1.807) is 0 Å². The second-order valence-electron chi connectivity index (χ2n) is 7.83. The summed E-state index contributed by atoms with van der Waals surface area (Å²) in [4.78, 5) is 6.85. The Labute approximate surface area is 178 Å². The smallest absolute Gasteiger partial charge is 0.270 e. The molecule has 154 valence electrons. The van der Waals surface area contributed by atoms with Crippen molar-refractivity contribution >= 4 is 11.9 Å². The Bertz CT molecular complexity index is 1000. The van der Waals surface area contributed by atoms with Crippen LogP contribution < -0.4 is 15.8 Å². The number of hydrogen-bond acceptors (Lipinski definition) is 5. The first-order chi connectivity index (χ1) is 14.6. The van der Waals surface area contributed by atoms with Gasteiger partial charge in [-0.2, -0.15) is 0 Å². The number of nitrogens with one attached hydrogen (secondary N) is 1. The first-order valence-corrected chi connectivity index (χ1v) is 10.4. The molecule has 30 heavy (non-hydrogen) atoms. The number of nitrogen functional groups attached to an aromatic ring is 1. The molecule has 0 amide bonds. The Morgan fingerprint density at radius 2 is 1.80 bits per heavy atom. The van der Waals surface area contributed by atoms with Gasteiger partial charge in [0.05, 0.1) is 0 Å². The molecule has 0 spiro atoms. The van der Waals surface area contributed by atoms with Gasteiger partial charge in [0.25, 0.3) is 6.35 Å². The molecular weight excluding hydrogens is 372 g/mol. The molecule has 2 aliphatic rings. The Morgan fingerprint density at radius 3 is 2.53 bits per heavy atom. The highest BCUT2D eigenvalue weighted by atomic mass is 16.5. The molecule has 5 nitrogen and oxygen atoms in total. The molecule has 2 aromatic rings. The van der Waals surface area contributed by atoms with Crippen LogP contribution in [0.3, 0.4) is 0 Å². The third-order valence-corrected chi connectivity index (χ3v) is 5.46. The summed E-state index contributed by atoms with van der Waals surface area (Å²) in [5.41, 5.74) is 10.5. The summed E-state index contributed by atoms with van der Waals surface area (Å²) < 4.78 is 6.41. The number of piperidine rings is 1. The molecule has 2 heterocycles. The molecule has 0 radical (unpaired) electrons. The van der Waals surface area contributed by atoms with Crippen molar-refractivity contribution in [3.8, 4) is 17.6 Å². The summed E-state index contributed by atoms with van der Waals surface area (Å²) in [6.07, 6.45) is 7.75. The molecule has 5 heteroatoms. The molecule has 2 aromatic carbocycles. The first-order valence-electron chi connectivity index (χ1n) is 10.4. The minimum Gasteiger partial charge on any atom is -0.450 e. The molecule has 1 fully saturated rings. The predicted octanol–water partition coefficient (Wildman–Crippen LogP) is 3.60. The molecular formula is C25H28N4O. The van der Waals surface area contributed by atoms with Crippen molar-refractivity contribution in [2.24, 2.45) is 4.99 Å². The third kappa shape index (κ3) is 4.67. The van der Waals surface area contributed by atoms with E-state index in [0.717, 1.165) is 59.6 Å². The van der Waals surface area contributed by atoms with E-state index >= 15 is 0 Å². The number of nitrogens with two attached hydrogens (primary N) is 1. The third-order valence-electron chi connectivity index (χ3n) is 5.46. The Morgan fingerprint density at radius 1 is 1.07 bits per heavy atom. The van der Waals surface area contributed by atoms with Gasteiger partial charge in [0, 0.05) is 35.3 Å². The van der Waals surface area contributed by atoms with Crippen molar-refractivity contribution < 1.29 is 4.74 Å². The van der Waals surface area contributed by atoms with Crippen LogP contribution >= 0.6 is 0 Å². The number of anilines is 1. The molecule has 2 aliphatic heterocycles. The Balaban J connectivity index is 1.53. The molecule has 4 rings (SSSR count). The van der Waals surface area contributed by atoms with Gasteiger partial charge in [0.2, 0.25) is 0 Å². The highest BCUT2D eigenvalue weighted by Gasteiger charge is 2.27. The quantitative estimate of drug-likeness (QED) is 0.610. The molecule has 0 aromatic heterocycles. The van der Waals surface area contributed by atoms with E-state index in [2.05, 4.69) is 59.2 Å². The zero-order chi connectivity index (χ0) is 20.9. The minimum atomic E-state index is -0.334. The maximum absolute atomic E-state index is 6.41. The van der Waals surface area contributed by atoms with Gasteiger partial charge >= 0.3 is 0 Å². The van der Waals surface area contributed by atoms with E-state index in [-0.39, 0.29) is 6.35 Å². The molecule has 1 saturated heterocycles. The zero-order valence-corrected chi connectivity index (χ0v) is 17.6. The van der Waals surface area contributed by atoms with Gasteiger partial charge in [-0.25, -0.2) is 4.99 Å². The average Bonchev–Trinajstić information content (AvgIpc) is 2.76. The van der Waals surface area contributed by atoms with Crippen LogP contribution in [-0.2, 0) is 0 Å². The van der Waals surface area contributed by atoms with Gasteiger partial charge in [0.1, 0.15) is 5.75 Å². The second kappa shape index (κ2) is 9.06. The van der Waals surface area contributed by atoms with E-state index < -0.39 is 0 Å². The number of benzene rings is 2. The zero-order valence-electron chi connectivity index (χ0n) is 17.6. The fraction of sp³-hybridized carbons (Fsp3) is 0.320. The van der Waals surface area contributed by atoms with Crippen LogP contribution in [0.5, 0.6) is 5.75 Å². The van der Waals surface area contributed by atoms with Gasteiger partial charge in [-0.1, -0.05) is 17.9 Å². The van der Waals surface area contributed by atoms with Crippen LogP contribution in [0.4, 0.5) is 5.69 Å². The van der Waals surface area contributed by atoms with Crippen molar-refractivity contribution in [3.63, 3.8) is 0 Å². The van der Waals surface area contributed by atoms with Crippen LogP contribution in [0, 0.1) is 25.7 Å². The summed E-state index contributed by atoms with van der Waals surface area (Å²) >= 11 is 0. The number of rotatable bonds is 3. The summed E-state index contributed by atoms with van der Waals surface area (Å²) in [6, 6.07) is 12.2. The van der Waals surface area contributed by atoms with Crippen LogP contribution in [0.1, 0.15) is 35.1 Å². The van der Waals surface area contributed by atoms with Gasteiger partial charge in [0.15, 0.2) is 0 Å². The molecule has 1 unspecified atom stereocenters. The van der Waals surface area contributed by atoms with Gasteiger partial charge in [-0.3, -0.25) is 0 Å². The highest BCUT2D eigenvalue weighted by molar-refractivity contribution is 5.71. The fourth-order valence-corrected chi connectivity index (χ4v) is 3.98. The van der Waals surface area contributed by atoms with E-state index in [1.807, 2.05) is 36.6 Å². The summed E-state index contributed by atoms with van der Waals surface area (Å²) in [5, 5.41) is 3.42. The maximum atomic E-state index is 6.41. The average molecular weight is 401 g/mol. The summed E-state index contributed by atoms with van der Waals surface area (Å²) in [7, 11) is 0. The fourth-order valence-electron chi connectivity index (χ4n) is 3.98. The number of nitrogens with zero attached hydrogens (tertiary/aromatic N) is 2. The van der Waals surface area contributed by atoms with E-state index in [1.165, 1.54) is 0 Å². The van der Waals surface area contributed by atoms with E-state index in [4.69, 9.17) is 10.5 Å². The van der Waals surface area contributed by atoms with Crippen LogP contribution in [-0.4, -0.2) is 36.6 Å². The number of aryl methyl sites for hydroxylation is 2. The maximum Gasteiger partial charge on any atom is 0.270 e. The monoisotopic (exact) mass is 400 g/mol. The number of ether oxygens (including phenoxy) is 1. The van der Waals surface area contributed by atoms with Gasteiger partial charge < -0.3 is 20.7 Å². The molecule has 3 N–H and O–H groups in total. The lowest BCUT2D eigenvalue weighted by Gasteiger charge is -2.38. The standard InChI is InChI=1S/C25H28N4O/c1-18-15-21(8-7-20-5-3-6-22(26)17-20)16-19(2)24(18)30-25-28-11-4-14-29(25)23-9-12-27-13-10-23/h3-6,11,14-17,23,25,27H,9-10,12-13,26H2,1-2H3. The van der Waals surface area contributed by atoms with Crippen molar-refractivity contribution in [1.29, 1.82) is 0 Å². The highest BCUT2D eigenvalue weighted by Crippen LogP contribution is 2.28. The Hall–Kier alpha value is -3.23. The number of allylic oxidation sites excluding steroid dienone is 1. The number of hydrogen-bond donors (Lipinski definition) is 2. The lowest BCUT2D eigenvalue weighted by molar-refractivity contribution is 0.0270. The molecule has 0 bridgehead atoms. The topological polar surface area (TPSA) is 62.9 Å². The predicted molar refractivity (Wildman–Crippen MR) is 123 cm³/mol. The van der Waals surface area contributed by atoms with Crippen molar-refractivity contribution in [2.45, 2.75) is 39.1 Å². The molecule has 1 atom stereocenters. The van der Waals surface area contributed by atoms with Gasteiger partial charge in [-0.15, -0.1) is 0 Å². The normalized spacial score (nSPS) is 18.7. The van der Waals surface area contributed by atoms with Gasteiger partial charge in [-0.05, 0) is 87.3 Å². The van der Waals surface area contributed by atoms with Crippen molar-refractivity contribution in [2.75, 3.05) is 18.8 Å². The lowest BCUT2D eigenvalue weighted by Crippen LogP contribution is -2.47. The lowest BCUT2D eigenvalue weighted by atomic mass is 10.0. The SMILES string of the molecule is Cc1cc(C#Cc2cccc(N)c2)cc(C)c1OC1N=CC=CN1C1CCNCC1. The Kier molecular flexibility index (Phi) is 6.06. The second-order valence-corrected chi connectivity index (χ2v) is 7.83. The summed E-state index contributed by atoms with van der Waals surface area (Å²) in [6.45, 7) is 6.18. The van der Waals surface area contributed by atoms with Crippen LogP contribution in [0.2, 0.25) is 0 Å². The van der Waals surface area contributed by atoms with Crippen molar-refractivity contribution in [1.82, 2.24) is 10.2 Å². The minimum absolute atomic E-state index is 0.334. The number of aliphatic imine (C=N–C) groups is 1. The first kappa shape index (κ1) is 20.1. The largest absolute Gasteiger partial charge is 0.450 e. The molecule has 0 saturated carbocycles. The van der Waals surface area contributed by atoms with Crippen molar-refractivity contribution in [3.05, 3.63) is 70.9 Å². The van der Waals surface area contributed by atoms with Crippen LogP contribution in [0.15, 0.2) is 53.7 Å². The van der Waals surface area contributed by atoms with Crippen LogP contribution in [0.25, 0.3) is 0 Å². The summed E-state index contributed by atoms with van der Waals surface area (Å²) in [5.74, 6) is 7.31. The van der Waals surface area contributed by atoms with E-state index in [0.29, 0.717) is 6.04 Å².